The Morgan fingerprint density at radius 3 is 2.49 bits per heavy atom. The number of likely N-dealkylation sites (tertiary alicyclic amines) is 1. The molecular formula is C23H27ClF3N5O3. The van der Waals surface area contributed by atoms with Crippen LogP contribution in [0.5, 0.6) is 0 Å². The average molecular weight is 514 g/mol. The topological polar surface area (TPSA) is 96.5 Å². The molecule has 2 N–H and O–H groups in total. The molecule has 3 rings (SSSR count). The van der Waals surface area contributed by atoms with E-state index in [-0.39, 0.29) is 18.4 Å². The summed E-state index contributed by atoms with van der Waals surface area (Å²) in [4.78, 5) is 33.7. The van der Waals surface area contributed by atoms with Crippen LogP contribution < -0.4 is 10.6 Å². The number of carbonyl (C=O) groups excluding carboxylic acids is 2. The van der Waals surface area contributed by atoms with Gasteiger partial charge in [-0.15, -0.1) is 0 Å². The minimum Gasteiger partial charge on any atom is -0.444 e. The van der Waals surface area contributed by atoms with Gasteiger partial charge in [-0.25, -0.2) is 14.8 Å². The third-order valence-corrected chi connectivity index (χ3v) is 5.44. The fraction of sp³-hybridized carbons (Fsp3) is 0.478. The Labute approximate surface area is 206 Å². The van der Waals surface area contributed by atoms with Crippen molar-refractivity contribution in [3.05, 3.63) is 46.7 Å². The molecule has 1 saturated heterocycles. The van der Waals surface area contributed by atoms with Gasteiger partial charge in [-0.3, -0.25) is 4.79 Å². The van der Waals surface area contributed by atoms with Crippen molar-refractivity contribution in [1.82, 2.24) is 20.2 Å². The lowest BCUT2D eigenvalue weighted by Crippen LogP contribution is -2.43. The highest BCUT2D eigenvalue weighted by Gasteiger charge is 2.38. The van der Waals surface area contributed by atoms with Crippen molar-refractivity contribution in [1.29, 1.82) is 0 Å². The van der Waals surface area contributed by atoms with Crippen LogP contribution in [0.25, 0.3) is 0 Å². The van der Waals surface area contributed by atoms with Gasteiger partial charge in [-0.1, -0.05) is 17.7 Å². The summed E-state index contributed by atoms with van der Waals surface area (Å²) in [5, 5.41) is 5.59. The number of carbonyl (C=O) groups is 2. The van der Waals surface area contributed by atoms with Crippen molar-refractivity contribution < 1.29 is 27.5 Å². The summed E-state index contributed by atoms with van der Waals surface area (Å²) in [5.41, 5.74) is -2.20. The minimum absolute atomic E-state index is 0.0108. The van der Waals surface area contributed by atoms with E-state index in [0.717, 1.165) is 6.20 Å². The fourth-order valence-corrected chi connectivity index (χ4v) is 3.69. The van der Waals surface area contributed by atoms with E-state index in [4.69, 9.17) is 16.3 Å². The fourth-order valence-electron chi connectivity index (χ4n) is 3.50. The first-order chi connectivity index (χ1) is 16.3. The maximum Gasteiger partial charge on any atom is 0.434 e. The maximum absolute atomic E-state index is 13.7. The third-order valence-electron chi connectivity index (χ3n) is 5.20. The molecular weight excluding hydrogens is 487 g/mol. The standard InChI is InChI=1S/C23H27ClF3N5O3/c1-22(2,3)35-21(34)32-9-7-14(8-10-32)12-28-19(33)17-13-29-20(31-18(17)23(25,26)27)30-16-6-4-5-15(24)11-16/h4-6,11,13-14H,7-10,12H2,1-3H3,(H,28,33)(H,29,30,31). The van der Waals surface area contributed by atoms with Crippen LogP contribution in [0.4, 0.5) is 29.6 Å². The van der Waals surface area contributed by atoms with Crippen molar-refractivity contribution in [3.8, 4) is 0 Å². The van der Waals surface area contributed by atoms with Gasteiger partial charge in [0.1, 0.15) is 5.60 Å². The zero-order chi connectivity index (χ0) is 25.8. The molecule has 0 bridgehead atoms. The van der Waals surface area contributed by atoms with Crippen LogP contribution in [0.3, 0.4) is 0 Å². The molecule has 1 fully saturated rings. The van der Waals surface area contributed by atoms with Gasteiger partial charge >= 0.3 is 12.3 Å². The molecule has 190 valence electrons. The zero-order valence-corrected chi connectivity index (χ0v) is 20.3. The van der Waals surface area contributed by atoms with Crippen LogP contribution in [0.1, 0.15) is 49.7 Å². The first-order valence-corrected chi connectivity index (χ1v) is 11.4. The Hall–Kier alpha value is -3.08. The lowest BCUT2D eigenvalue weighted by molar-refractivity contribution is -0.141. The van der Waals surface area contributed by atoms with Crippen LogP contribution >= 0.6 is 11.6 Å². The zero-order valence-electron chi connectivity index (χ0n) is 19.6. The molecule has 1 aliphatic heterocycles. The molecule has 1 aliphatic rings. The van der Waals surface area contributed by atoms with Crippen LogP contribution in [-0.2, 0) is 10.9 Å². The van der Waals surface area contributed by atoms with E-state index in [1.165, 1.54) is 6.07 Å². The first kappa shape index (κ1) is 26.5. The van der Waals surface area contributed by atoms with Gasteiger partial charge in [0, 0.05) is 36.5 Å². The molecule has 0 unspecified atom stereocenters. The second kappa shape index (κ2) is 10.7. The number of alkyl halides is 3. The van der Waals surface area contributed by atoms with Gasteiger partial charge in [-0.2, -0.15) is 13.2 Å². The maximum atomic E-state index is 13.7. The molecule has 2 amide bonds. The van der Waals surface area contributed by atoms with Crippen LogP contribution in [0, 0.1) is 5.92 Å². The van der Waals surface area contributed by atoms with Crippen LogP contribution in [0.2, 0.25) is 5.02 Å². The minimum atomic E-state index is -4.86. The number of hydrogen-bond acceptors (Lipinski definition) is 6. The molecule has 35 heavy (non-hydrogen) atoms. The number of ether oxygens (including phenoxy) is 1. The Kier molecular flexibility index (Phi) is 8.09. The molecule has 1 aromatic heterocycles. The lowest BCUT2D eigenvalue weighted by Gasteiger charge is -2.33. The number of aromatic nitrogens is 2. The summed E-state index contributed by atoms with van der Waals surface area (Å²) in [7, 11) is 0. The highest BCUT2D eigenvalue weighted by atomic mass is 35.5. The van der Waals surface area contributed by atoms with Gasteiger partial charge in [-0.05, 0) is 57.7 Å². The molecule has 12 heteroatoms. The predicted molar refractivity (Wildman–Crippen MR) is 125 cm³/mol. The van der Waals surface area contributed by atoms with Crippen molar-refractivity contribution in [2.75, 3.05) is 25.0 Å². The molecule has 0 atom stereocenters. The summed E-state index contributed by atoms with van der Waals surface area (Å²) in [6.45, 7) is 6.40. The molecule has 8 nitrogen and oxygen atoms in total. The lowest BCUT2D eigenvalue weighted by atomic mass is 9.97. The molecule has 2 heterocycles. The quantitative estimate of drug-likeness (QED) is 0.565. The largest absolute Gasteiger partial charge is 0.444 e. The predicted octanol–water partition coefficient (Wildman–Crippen LogP) is 5.27. The summed E-state index contributed by atoms with van der Waals surface area (Å²) in [6.07, 6.45) is -3.24. The number of nitrogens with one attached hydrogen (secondary N) is 2. The first-order valence-electron chi connectivity index (χ1n) is 11.0. The van der Waals surface area contributed by atoms with Crippen molar-refractivity contribution >= 4 is 35.2 Å². The van der Waals surface area contributed by atoms with Crippen molar-refractivity contribution in [2.45, 2.75) is 45.4 Å². The van der Waals surface area contributed by atoms with Gasteiger partial charge in [0.05, 0.1) is 5.56 Å². The third kappa shape index (κ3) is 7.71. The Bertz CT molecular complexity index is 1070. The van der Waals surface area contributed by atoms with Gasteiger partial charge in [0.25, 0.3) is 5.91 Å². The van der Waals surface area contributed by atoms with E-state index < -0.39 is 35.0 Å². The van der Waals surface area contributed by atoms with E-state index in [1.807, 2.05) is 0 Å². The summed E-state index contributed by atoms with van der Waals surface area (Å²) in [6, 6.07) is 6.34. The summed E-state index contributed by atoms with van der Waals surface area (Å²) < 4.78 is 46.3. The Balaban J connectivity index is 1.61. The van der Waals surface area contributed by atoms with E-state index in [2.05, 4.69) is 20.6 Å². The molecule has 0 saturated carbocycles. The normalized spacial score (nSPS) is 15.0. The number of hydrogen-bond donors (Lipinski definition) is 2. The van der Waals surface area contributed by atoms with Gasteiger partial charge in [0.15, 0.2) is 5.69 Å². The summed E-state index contributed by atoms with van der Waals surface area (Å²) >= 11 is 5.89. The second-order valence-electron chi connectivity index (χ2n) is 9.21. The SMILES string of the molecule is CC(C)(C)OC(=O)N1CCC(CNC(=O)c2cnc(Nc3cccc(Cl)c3)nc2C(F)(F)F)CC1. The molecule has 0 spiro atoms. The smallest absolute Gasteiger partial charge is 0.434 e. The van der Waals surface area contributed by atoms with E-state index in [1.54, 1.807) is 43.9 Å². The highest BCUT2D eigenvalue weighted by Crippen LogP contribution is 2.31. The number of amides is 2. The monoisotopic (exact) mass is 513 g/mol. The number of benzene rings is 1. The van der Waals surface area contributed by atoms with Crippen molar-refractivity contribution in [2.24, 2.45) is 5.92 Å². The molecule has 2 aromatic rings. The van der Waals surface area contributed by atoms with E-state index >= 15 is 0 Å². The number of halogens is 4. The number of anilines is 2. The molecule has 0 aliphatic carbocycles. The van der Waals surface area contributed by atoms with Crippen LogP contribution in [0.15, 0.2) is 30.5 Å². The second-order valence-corrected chi connectivity index (χ2v) is 9.65. The molecule has 0 radical (unpaired) electrons. The van der Waals surface area contributed by atoms with Crippen LogP contribution in [-0.4, -0.2) is 52.1 Å². The van der Waals surface area contributed by atoms with Crippen molar-refractivity contribution in [3.63, 3.8) is 0 Å². The number of rotatable bonds is 5. The Morgan fingerprint density at radius 2 is 1.89 bits per heavy atom. The number of nitrogens with zero attached hydrogens (tertiary/aromatic N) is 3. The highest BCUT2D eigenvalue weighted by molar-refractivity contribution is 6.30. The number of piperidine rings is 1. The molecule has 1 aromatic carbocycles. The summed E-state index contributed by atoms with van der Waals surface area (Å²) in [5.74, 6) is -1.22. The Morgan fingerprint density at radius 1 is 1.20 bits per heavy atom. The van der Waals surface area contributed by atoms with Gasteiger partial charge < -0.3 is 20.3 Å². The average Bonchev–Trinajstić information content (AvgIpc) is 2.76. The van der Waals surface area contributed by atoms with Gasteiger partial charge in [0.2, 0.25) is 5.95 Å². The van der Waals surface area contributed by atoms with E-state index in [0.29, 0.717) is 36.6 Å². The van der Waals surface area contributed by atoms with E-state index in [9.17, 15) is 22.8 Å².